The number of nitrogens with zero attached hydrogens (tertiary/aromatic N) is 1. The molecule has 6 aromatic rings. The average molecular weight is 782 g/mol. The van der Waals surface area contributed by atoms with Crippen LogP contribution in [-0.2, 0) is 15.8 Å². The maximum atomic E-state index is 7.86. The molecule has 2 aliphatic carbocycles. The first-order valence-corrected chi connectivity index (χ1v) is 21.3. The fourth-order valence-electron chi connectivity index (χ4n) is 11.9. The third-order valence-corrected chi connectivity index (χ3v) is 13.7. The van der Waals surface area contributed by atoms with Crippen molar-refractivity contribution in [1.29, 1.82) is 0 Å². The van der Waals surface area contributed by atoms with Crippen LogP contribution in [0.3, 0.4) is 0 Å². The Kier molecular flexibility index (Phi) is 8.81. The van der Waals surface area contributed by atoms with Gasteiger partial charge >= 0.3 is 0 Å². The van der Waals surface area contributed by atoms with Gasteiger partial charge in [0.15, 0.2) is 5.60 Å². The fraction of sp³-hybridized carbons (Fsp3) is 0.333. The number of methoxy groups -OCH3 is 2. The van der Waals surface area contributed by atoms with Crippen molar-refractivity contribution in [2.45, 2.75) is 64.9 Å². The molecule has 300 valence electrons. The lowest BCUT2D eigenvalue weighted by molar-refractivity contribution is 0.0642. The fourth-order valence-corrected chi connectivity index (χ4v) is 11.9. The topological polar surface area (TPSA) is 40.2 Å². The molecule has 0 N–H and O–H groups in total. The molecule has 4 aliphatic rings. The van der Waals surface area contributed by atoms with Crippen molar-refractivity contribution in [3.63, 3.8) is 0 Å². The monoisotopic (exact) mass is 781 g/mol. The second-order valence-electron chi connectivity index (χ2n) is 19.0. The molecule has 1 saturated carbocycles. The first kappa shape index (κ1) is 37.7. The molecule has 0 atom stereocenters. The Morgan fingerprint density at radius 3 is 1.86 bits per heavy atom. The highest BCUT2D eigenvalue weighted by atomic mass is 16.5. The van der Waals surface area contributed by atoms with E-state index in [9.17, 15) is 0 Å². The Hall–Kier alpha value is -5.52. The SMILES string of the molecule is COc1ccc(C2(c3ccc(OC)cc3)C=Cc3c4c(c5cc(C)c(-c6ccc(N7CCOCC7)cc6)cc5c3O2)-c2ccccc2C42CC(C)(C)CC(C)(C)C2)cc1. The van der Waals surface area contributed by atoms with Gasteiger partial charge in [0, 0.05) is 46.3 Å². The molecule has 2 heterocycles. The van der Waals surface area contributed by atoms with Gasteiger partial charge in [-0.1, -0.05) is 101 Å². The summed E-state index contributed by atoms with van der Waals surface area (Å²) < 4.78 is 24.8. The number of fused-ring (bicyclic) bond motifs is 10. The zero-order valence-corrected chi connectivity index (χ0v) is 35.6. The lowest BCUT2D eigenvalue weighted by Crippen LogP contribution is -2.44. The number of anilines is 1. The molecule has 0 bridgehead atoms. The molecule has 0 radical (unpaired) electrons. The minimum Gasteiger partial charge on any atom is -0.497 e. The normalized spacial score (nSPS) is 19.1. The minimum atomic E-state index is -0.915. The smallest absolute Gasteiger partial charge is 0.178 e. The summed E-state index contributed by atoms with van der Waals surface area (Å²) in [6, 6.07) is 40.0. The lowest BCUT2D eigenvalue weighted by Gasteiger charge is -2.52. The Labute approximate surface area is 349 Å². The molecule has 2 fully saturated rings. The number of morpholine rings is 1. The maximum Gasteiger partial charge on any atom is 0.178 e. The van der Waals surface area contributed by atoms with Crippen LogP contribution in [0.2, 0.25) is 0 Å². The first-order valence-electron chi connectivity index (χ1n) is 21.3. The molecule has 0 aromatic heterocycles. The summed E-state index contributed by atoms with van der Waals surface area (Å²) in [6.45, 7) is 15.6. The van der Waals surface area contributed by atoms with E-state index in [1.807, 2.05) is 24.3 Å². The molecule has 5 nitrogen and oxygen atoms in total. The Morgan fingerprint density at radius 2 is 1.25 bits per heavy atom. The number of hydrogen-bond acceptors (Lipinski definition) is 5. The van der Waals surface area contributed by atoms with Gasteiger partial charge in [-0.25, -0.2) is 0 Å². The van der Waals surface area contributed by atoms with Crippen LogP contribution in [0.1, 0.15) is 80.3 Å². The summed E-state index contributed by atoms with van der Waals surface area (Å²) in [5.41, 5.74) is 13.0. The van der Waals surface area contributed by atoms with E-state index in [2.05, 4.69) is 137 Å². The molecule has 1 saturated heterocycles. The largest absolute Gasteiger partial charge is 0.497 e. The van der Waals surface area contributed by atoms with E-state index >= 15 is 0 Å². The summed E-state index contributed by atoms with van der Waals surface area (Å²) in [7, 11) is 3.43. The van der Waals surface area contributed by atoms with Crippen LogP contribution in [0.5, 0.6) is 17.2 Å². The average Bonchev–Trinajstić information content (AvgIpc) is 3.51. The maximum absolute atomic E-state index is 7.86. The Balaban J connectivity index is 1.26. The number of ether oxygens (including phenoxy) is 4. The molecular weight excluding hydrogens is 727 g/mol. The van der Waals surface area contributed by atoms with Crippen LogP contribution in [0, 0.1) is 17.8 Å². The number of hydrogen-bond donors (Lipinski definition) is 0. The third kappa shape index (κ3) is 6.07. The van der Waals surface area contributed by atoms with Crippen molar-refractivity contribution < 1.29 is 18.9 Å². The zero-order valence-electron chi connectivity index (χ0n) is 35.6. The van der Waals surface area contributed by atoms with Crippen LogP contribution >= 0.6 is 0 Å². The van der Waals surface area contributed by atoms with Gasteiger partial charge in [0.2, 0.25) is 0 Å². The third-order valence-electron chi connectivity index (χ3n) is 13.7. The second kappa shape index (κ2) is 13.8. The molecular formula is C54H55NO4. The van der Waals surface area contributed by atoms with Gasteiger partial charge in [-0.15, -0.1) is 0 Å². The zero-order chi connectivity index (χ0) is 40.7. The van der Waals surface area contributed by atoms with Gasteiger partial charge in [-0.3, -0.25) is 0 Å². The standard InChI is InChI=1S/C54H55NO4/c1-35-30-45-46(31-44(35)36-12-18-39(19-13-36)55-26-28-58-29-27-55)50-43(49-48(45)42-10-8-9-11-47(42)53(49)33-51(2,3)32-52(4,5)34-53)24-25-54(59-50,37-14-20-40(56-6)21-15-37)38-16-22-41(57-7)23-17-38/h8-25,30-31H,26-29,32-34H2,1-7H3. The van der Waals surface area contributed by atoms with E-state index in [0.717, 1.165) is 72.9 Å². The van der Waals surface area contributed by atoms with Crippen molar-refractivity contribution in [3.05, 3.63) is 149 Å². The van der Waals surface area contributed by atoms with Gasteiger partial charge in [0.05, 0.1) is 27.4 Å². The van der Waals surface area contributed by atoms with Crippen molar-refractivity contribution >= 4 is 22.5 Å². The van der Waals surface area contributed by atoms with Gasteiger partial charge in [0.1, 0.15) is 17.2 Å². The molecule has 5 heteroatoms. The van der Waals surface area contributed by atoms with E-state index in [0.29, 0.717) is 0 Å². The quantitative estimate of drug-likeness (QED) is 0.168. The van der Waals surface area contributed by atoms with Crippen molar-refractivity contribution in [2.24, 2.45) is 10.8 Å². The van der Waals surface area contributed by atoms with Gasteiger partial charge in [0.25, 0.3) is 0 Å². The van der Waals surface area contributed by atoms with Crippen LogP contribution < -0.4 is 19.1 Å². The Bertz CT molecular complexity index is 2550. The van der Waals surface area contributed by atoms with Crippen LogP contribution in [0.15, 0.2) is 115 Å². The molecule has 1 spiro atoms. The number of aryl methyl sites for hydroxylation is 1. The summed E-state index contributed by atoms with van der Waals surface area (Å²) in [6.07, 6.45) is 8.05. The minimum absolute atomic E-state index is 0.140. The van der Waals surface area contributed by atoms with Crippen molar-refractivity contribution in [1.82, 2.24) is 0 Å². The lowest BCUT2D eigenvalue weighted by atomic mass is 9.52. The first-order chi connectivity index (χ1) is 28.4. The van der Waals surface area contributed by atoms with Gasteiger partial charge < -0.3 is 23.8 Å². The molecule has 0 amide bonds. The molecule has 6 aromatic carbocycles. The summed E-state index contributed by atoms with van der Waals surface area (Å²) in [5.74, 6) is 2.56. The van der Waals surface area contributed by atoms with E-state index in [-0.39, 0.29) is 16.2 Å². The predicted octanol–water partition coefficient (Wildman–Crippen LogP) is 12.5. The number of benzene rings is 6. The molecule has 59 heavy (non-hydrogen) atoms. The van der Waals surface area contributed by atoms with E-state index in [4.69, 9.17) is 18.9 Å². The summed E-state index contributed by atoms with van der Waals surface area (Å²) in [5, 5.41) is 2.39. The van der Waals surface area contributed by atoms with E-state index < -0.39 is 5.60 Å². The number of rotatable bonds is 6. The Morgan fingerprint density at radius 1 is 0.644 bits per heavy atom. The van der Waals surface area contributed by atoms with Crippen LogP contribution in [0.25, 0.3) is 39.1 Å². The van der Waals surface area contributed by atoms with E-state index in [1.54, 1.807) is 14.2 Å². The van der Waals surface area contributed by atoms with Crippen molar-refractivity contribution in [3.8, 4) is 39.5 Å². The highest BCUT2D eigenvalue weighted by Gasteiger charge is 2.55. The van der Waals surface area contributed by atoms with Gasteiger partial charge in [-0.2, -0.15) is 0 Å². The summed E-state index contributed by atoms with van der Waals surface area (Å²) in [4.78, 5) is 2.42. The second-order valence-corrected chi connectivity index (χ2v) is 19.0. The highest BCUT2D eigenvalue weighted by Crippen LogP contribution is 2.67. The van der Waals surface area contributed by atoms with Crippen molar-refractivity contribution in [2.75, 3.05) is 45.4 Å². The molecule has 2 aliphatic heterocycles. The highest BCUT2D eigenvalue weighted by molar-refractivity contribution is 6.10. The van der Waals surface area contributed by atoms with Gasteiger partial charge in [-0.05, 0) is 130 Å². The van der Waals surface area contributed by atoms with Crippen LogP contribution in [0.4, 0.5) is 5.69 Å². The molecule has 0 unspecified atom stereocenters. The molecule has 10 rings (SSSR count). The van der Waals surface area contributed by atoms with E-state index in [1.165, 1.54) is 62.0 Å². The van der Waals surface area contributed by atoms with Crippen LogP contribution in [-0.4, -0.2) is 40.5 Å². The predicted molar refractivity (Wildman–Crippen MR) is 241 cm³/mol. The summed E-state index contributed by atoms with van der Waals surface area (Å²) >= 11 is 0.